The first-order chi connectivity index (χ1) is 5.83. The normalized spacial score (nSPS) is 13.2. The molecule has 0 saturated heterocycles. The Balaban J connectivity index is 2.17. The van der Waals surface area contributed by atoms with Gasteiger partial charge in [-0.2, -0.15) is 23.1 Å². The summed E-state index contributed by atoms with van der Waals surface area (Å²) < 4.78 is 0. The number of thiophene rings is 1. The zero-order chi connectivity index (χ0) is 8.81. The van der Waals surface area contributed by atoms with E-state index >= 15 is 0 Å². The molecule has 0 bridgehead atoms. The summed E-state index contributed by atoms with van der Waals surface area (Å²) in [5.74, 6) is 1.07. The summed E-state index contributed by atoms with van der Waals surface area (Å²) in [5.41, 5.74) is 7.31. The fraction of sp³-hybridized carbons (Fsp3) is 0.556. The molecule has 0 amide bonds. The third kappa shape index (κ3) is 3.61. The Kier molecular flexibility index (Phi) is 4.73. The summed E-state index contributed by atoms with van der Waals surface area (Å²) in [6, 6.07) is 2.54. The van der Waals surface area contributed by atoms with Gasteiger partial charge < -0.3 is 5.73 Å². The molecule has 1 aromatic rings. The summed E-state index contributed by atoms with van der Waals surface area (Å²) in [7, 11) is 0. The predicted octanol–water partition coefficient (Wildman–Crippen LogP) is 2.37. The van der Waals surface area contributed by atoms with Crippen molar-refractivity contribution < 1.29 is 0 Å². The van der Waals surface area contributed by atoms with Gasteiger partial charge >= 0.3 is 0 Å². The molecule has 1 unspecified atom stereocenters. The van der Waals surface area contributed by atoms with Crippen LogP contribution in [0.5, 0.6) is 0 Å². The summed E-state index contributed by atoms with van der Waals surface area (Å²) in [5, 5.41) is 4.32. The minimum absolute atomic E-state index is 0.361. The van der Waals surface area contributed by atoms with Crippen molar-refractivity contribution >= 4 is 23.1 Å². The highest BCUT2D eigenvalue weighted by Crippen LogP contribution is 2.10. The summed E-state index contributed by atoms with van der Waals surface area (Å²) in [4.78, 5) is 0. The molecule has 1 rings (SSSR count). The molecular weight excluding hydrogens is 186 g/mol. The highest BCUT2D eigenvalue weighted by atomic mass is 32.2. The van der Waals surface area contributed by atoms with Crippen LogP contribution in [-0.2, 0) is 6.42 Å². The van der Waals surface area contributed by atoms with Crippen molar-refractivity contribution in [2.24, 2.45) is 5.73 Å². The molecule has 2 N–H and O–H groups in total. The summed E-state index contributed by atoms with van der Waals surface area (Å²) in [6.07, 6.45) is 4.34. The summed E-state index contributed by atoms with van der Waals surface area (Å²) >= 11 is 3.58. The standard InChI is InChI=1S/C9H15NS2/c1-11-7-9(10)3-2-8-4-5-12-6-8/h4-6,9H,2-3,7,10H2,1H3. The van der Waals surface area contributed by atoms with Crippen molar-refractivity contribution in [1.82, 2.24) is 0 Å². The lowest BCUT2D eigenvalue weighted by Gasteiger charge is -2.07. The fourth-order valence-electron chi connectivity index (χ4n) is 1.08. The molecule has 0 aliphatic rings. The molecule has 12 heavy (non-hydrogen) atoms. The molecule has 0 radical (unpaired) electrons. The van der Waals surface area contributed by atoms with E-state index in [-0.39, 0.29) is 0 Å². The van der Waals surface area contributed by atoms with Crippen molar-refractivity contribution in [3.05, 3.63) is 22.4 Å². The first-order valence-electron chi connectivity index (χ1n) is 4.08. The second-order valence-corrected chi connectivity index (χ2v) is 4.58. The molecule has 68 valence electrons. The highest BCUT2D eigenvalue weighted by Gasteiger charge is 2.01. The van der Waals surface area contributed by atoms with E-state index in [4.69, 9.17) is 5.73 Å². The van der Waals surface area contributed by atoms with Gasteiger partial charge in [-0.1, -0.05) is 0 Å². The smallest absolute Gasteiger partial charge is 0.0133 e. The molecular formula is C9H15NS2. The van der Waals surface area contributed by atoms with Gasteiger partial charge in [0.15, 0.2) is 0 Å². The maximum absolute atomic E-state index is 5.88. The Hall–Kier alpha value is 0.01000. The minimum atomic E-state index is 0.361. The van der Waals surface area contributed by atoms with E-state index in [1.807, 2.05) is 11.8 Å². The Bertz CT molecular complexity index is 196. The van der Waals surface area contributed by atoms with E-state index in [9.17, 15) is 0 Å². The van der Waals surface area contributed by atoms with Crippen LogP contribution >= 0.6 is 23.1 Å². The second-order valence-electron chi connectivity index (χ2n) is 2.89. The molecule has 0 aliphatic carbocycles. The van der Waals surface area contributed by atoms with Crippen LogP contribution in [0.3, 0.4) is 0 Å². The second kappa shape index (κ2) is 5.62. The van der Waals surface area contributed by atoms with Gasteiger partial charge in [-0.05, 0) is 41.5 Å². The van der Waals surface area contributed by atoms with Crippen LogP contribution in [0.25, 0.3) is 0 Å². The van der Waals surface area contributed by atoms with Gasteiger partial charge in [0, 0.05) is 11.8 Å². The fourth-order valence-corrected chi connectivity index (χ4v) is 2.38. The molecule has 0 aliphatic heterocycles. The average Bonchev–Trinajstić information content (AvgIpc) is 2.53. The van der Waals surface area contributed by atoms with E-state index < -0.39 is 0 Å². The minimum Gasteiger partial charge on any atom is -0.327 e. The van der Waals surface area contributed by atoms with Crippen molar-refractivity contribution in [2.75, 3.05) is 12.0 Å². The maximum atomic E-state index is 5.88. The lowest BCUT2D eigenvalue weighted by atomic mass is 10.1. The predicted molar refractivity (Wildman–Crippen MR) is 59.0 cm³/mol. The lowest BCUT2D eigenvalue weighted by Crippen LogP contribution is -2.23. The number of aryl methyl sites for hydroxylation is 1. The van der Waals surface area contributed by atoms with Crippen molar-refractivity contribution in [1.29, 1.82) is 0 Å². The molecule has 1 atom stereocenters. The van der Waals surface area contributed by atoms with E-state index in [1.165, 1.54) is 5.56 Å². The highest BCUT2D eigenvalue weighted by molar-refractivity contribution is 7.98. The maximum Gasteiger partial charge on any atom is 0.0133 e. The first kappa shape index (κ1) is 10.1. The van der Waals surface area contributed by atoms with Crippen molar-refractivity contribution in [3.63, 3.8) is 0 Å². The molecule has 3 heteroatoms. The molecule has 1 aromatic heterocycles. The molecule has 1 nitrogen and oxygen atoms in total. The number of thioether (sulfide) groups is 1. The van der Waals surface area contributed by atoms with E-state index in [0.717, 1.165) is 18.6 Å². The van der Waals surface area contributed by atoms with Crippen LogP contribution in [0, 0.1) is 0 Å². The van der Waals surface area contributed by atoms with Crippen LogP contribution in [0.4, 0.5) is 0 Å². The van der Waals surface area contributed by atoms with Gasteiger partial charge in [0.1, 0.15) is 0 Å². The van der Waals surface area contributed by atoms with Gasteiger partial charge in [0.2, 0.25) is 0 Å². The Morgan fingerprint density at radius 1 is 1.67 bits per heavy atom. The number of nitrogens with two attached hydrogens (primary N) is 1. The van der Waals surface area contributed by atoms with Gasteiger partial charge in [-0.25, -0.2) is 0 Å². The lowest BCUT2D eigenvalue weighted by molar-refractivity contribution is 0.676. The molecule has 1 heterocycles. The van der Waals surface area contributed by atoms with E-state index in [0.29, 0.717) is 6.04 Å². The number of hydrogen-bond donors (Lipinski definition) is 1. The third-order valence-electron chi connectivity index (χ3n) is 1.76. The monoisotopic (exact) mass is 201 g/mol. The molecule has 0 spiro atoms. The van der Waals surface area contributed by atoms with Gasteiger partial charge in [0.05, 0.1) is 0 Å². The topological polar surface area (TPSA) is 26.0 Å². The molecule has 0 aromatic carbocycles. The summed E-state index contributed by atoms with van der Waals surface area (Å²) in [6.45, 7) is 0. The Labute approximate surface area is 82.4 Å². The molecule has 0 saturated carbocycles. The number of rotatable bonds is 5. The quantitative estimate of drug-likeness (QED) is 0.791. The molecule has 0 fully saturated rings. The zero-order valence-corrected chi connectivity index (χ0v) is 8.96. The van der Waals surface area contributed by atoms with E-state index in [2.05, 4.69) is 23.1 Å². The van der Waals surface area contributed by atoms with Crippen molar-refractivity contribution in [3.8, 4) is 0 Å². The largest absolute Gasteiger partial charge is 0.327 e. The van der Waals surface area contributed by atoms with Crippen LogP contribution in [0.15, 0.2) is 16.8 Å². The zero-order valence-electron chi connectivity index (χ0n) is 7.32. The Morgan fingerprint density at radius 3 is 3.08 bits per heavy atom. The van der Waals surface area contributed by atoms with Crippen molar-refractivity contribution in [2.45, 2.75) is 18.9 Å². The third-order valence-corrected chi connectivity index (χ3v) is 3.26. The van der Waals surface area contributed by atoms with Crippen LogP contribution in [0.1, 0.15) is 12.0 Å². The van der Waals surface area contributed by atoms with Gasteiger partial charge in [-0.3, -0.25) is 0 Å². The number of hydrogen-bond acceptors (Lipinski definition) is 3. The SMILES string of the molecule is CSCC(N)CCc1ccsc1. The van der Waals surface area contributed by atoms with Crippen LogP contribution in [-0.4, -0.2) is 18.1 Å². The Morgan fingerprint density at radius 2 is 2.50 bits per heavy atom. The van der Waals surface area contributed by atoms with Gasteiger partial charge in [0.25, 0.3) is 0 Å². The van der Waals surface area contributed by atoms with Gasteiger partial charge in [-0.15, -0.1) is 0 Å². The first-order valence-corrected chi connectivity index (χ1v) is 6.42. The van der Waals surface area contributed by atoms with Crippen LogP contribution in [0.2, 0.25) is 0 Å². The van der Waals surface area contributed by atoms with Crippen LogP contribution < -0.4 is 5.73 Å². The average molecular weight is 201 g/mol. The van der Waals surface area contributed by atoms with E-state index in [1.54, 1.807) is 11.3 Å².